The summed E-state index contributed by atoms with van der Waals surface area (Å²) in [5, 5.41) is 29.2. The fraction of sp³-hybridized carbons (Fsp3) is 0.263. The van der Waals surface area contributed by atoms with Crippen LogP contribution in [0.4, 0.5) is 0 Å². The molecule has 4 rings (SSSR count). The monoisotopic (exact) mass is 348 g/mol. The quantitative estimate of drug-likeness (QED) is 0.433. The van der Waals surface area contributed by atoms with Gasteiger partial charge in [-0.1, -0.05) is 24.6 Å². The van der Waals surface area contributed by atoms with E-state index in [0.717, 1.165) is 31.5 Å². The molecular weight excluding hydrogens is 332 g/mol. The van der Waals surface area contributed by atoms with Gasteiger partial charge >= 0.3 is 5.63 Å². The van der Waals surface area contributed by atoms with Crippen LogP contribution in [0.25, 0.3) is 22.3 Å². The summed E-state index contributed by atoms with van der Waals surface area (Å²) in [5.74, 6) is 0.643. The van der Waals surface area contributed by atoms with Gasteiger partial charge in [-0.05, 0) is 25.0 Å². The summed E-state index contributed by atoms with van der Waals surface area (Å²) in [6.07, 6.45) is 3.83. The molecule has 1 aliphatic rings. The molecule has 0 atom stereocenters. The van der Waals surface area contributed by atoms with Crippen LogP contribution in [0.5, 0.6) is 0 Å². The maximum atomic E-state index is 12.3. The average Bonchev–Trinajstić information content (AvgIpc) is 2.89. The highest BCUT2D eigenvalue weighted by Gasteiger charge is 2.23. The van der Waals surface area contributed by atoms with E-state index in [1.54, 1.807) is 24.3 Å². The normalized spacial score (nSPS) is 15.0. The van der Waals surface area contributed by atoms with Crippen molar-refractivity contribution in [2.45, 2.75) is 32.2 Å². The second-order valence-electron chi connectivity index (χ2n) is 6.22. The fourth-order valence-corrected chi connectivity index (χ4v) is 3.24. The summed E-state index contributed by atoms with van der Waals surface area (Å²) < 4.78 is 7.11. The zero-order valence-electron chi connectivity index (χ0n) is 14.0. The van der Waals surface area contributed by atoms with Crippen molar-refractivity contribution < 1.29 is 9.52 Å². The van der Waals surface area contributed by atoms with Gasteiger partial charge in [-0.2, -0.15) is 5.26 Å². The van der Waals surface area contributed by atoms with Crippen molar-refractivity contribution in [2.75, 3.05) is 0 Å². The number of fused-ring (bicyclic) bond motifs is 2. The van der Waals surface area contributed by atoms with E-state index in [0.29, 0.717) is 17.5 Å². The van der Waals surface area contributed by atoms with E-state index < -0.39 is 11.4 Å². The molecule has 0 bridgehead atoms. The van der Waals surface area contributed by atoms with Crippen molar-refractivity contribution in [3.05, 3.63) is 58.0 Å². The molecule has 0 fully saturated rings. The van der Waals surface area contributed by atoms with Gasteiger partial charge in [-0.3, -0.25) is 0 Å². The zero-order chi connectivity index (χ0) is 18.1. The van der Waals surface area contributed by atoms with Crippen molar-refractivity contribution in [3.8, 4) is 6.07 Å². The molecule has 1 aliphatic heterocycles. The van der Waals surface area contributed by atoms with Gasteiger partial charge in [-0.25, -0.2) is 4.79 Å². The predicted octanol–water partition coefficient (Wildman–Crippen LogP) is 3.06. The Hall–Kier alpha value is -3.40. The minimum atomic E-state index is -0.704. The Morgan fingerprint density at radius 1 is 1.23 bits per heavy atom. The molecule has 0 aliphatic carbocycles. The topological polar surface area (TPSA) is 105 Å². The third kappa shape index (κ3) is 2.65. The van der Waals surface area contributed by atoms with Gasteiger partial charge in [0.25, 0.3) is 0 Å². The van der Waals surface area contributed by atoms with Gasteiger partial charge < -0.3 is 14.1 Å². The number of hydrogen-bond donors (Lipinski definition) is 1. The van der Waals surface area contributed by atoms with E-state index in [1.807, 2.05) is 10.6 Å². The van der Waals surface area contributed by atoms with E-state index in [-0.39, 0.29) is 17.0 Å². The lowest BCUT2D eigenvalue weighted by molar-refractivity contribution is 0.498. The highest BCUT2D eigenvalue weighted by Crippen LogP contribution is 2.25. The largest absolute Gasteiger partial charge is 0.506 e. The number of nitriles is 1. The number of aromatic nitrogens is 3. The van der Waals surface area contributed by atoms with E-state index in [9.17, 15) is 15.2 Å². The molecule has 0 amide bonds. The Balaban J connectivity index is 1.90. The van der Waals surface area contributed by atoms with Gasteiger partial charge in [0, 0.05) is 18.4 Å². The third-order valence-corrected chi connectivity index (χ3v) is 4.58. The molecule has 0 radical (unpaired) electrons. The predicted molar refractivity (Wildman–Crippen MR) is 95.1 cm³/mol. The Kier molecular flexibility index (Phi) is 4.01. The lowest BCUT2D eigenvalue weighted by atomic mass is 10.1. The van der Waals surface area contributed by atoms with E-state index in [2.05, 4.69) is 10.2 Å². The molecule has 0 saturated carbocycles. The fourth-order valence-electron chi connectivity index (χ4n) is 3.24. The summed E-state index contributed by atoms with van der Waals surface area (Å²) in [6, 6.07) is 10.5. The third-order valence-electron chi connectivity index (χ3n) is 4.58. The lowest BCUT2D eigenvalue weighted by Gasteiger charge is -2.08. The molecule has 0 spiro atoms. The SMILES string of the molecule is N#C/C(=C(/O)c1cc2ccccc2oc1=O)c1nnc2n1CCCCC2. The Morgan fingerprint density at radius 3 is 2.92 bits per heavy atom. The first-order chi connectivity index (χ1) is 12.7. The summed E-state index contributed by atoms with van der Waals surface area (Å²) in [7, 11) is 0. The Labute approximate surface area is 148 Å². The second kappa shape index (κ2) is 6.48. The molecule has 26 heavy (non-hydrogen) atoms. The first-order valence-electron chi connectivity index (χ1n) is 8.48. The van der Waals surface area contributed by atoms with Crippen LogP contribution in [-0.4, -0.2) is 19.9 Å². The lowest BCUT2D eigenvalue weighted by Crippen LogP contribution is -2.10. The molecule has 1 N–H and O–H groups in total. The van der Waals surface area contributed by atoms with Gasteiger partial charge in [0.05, 0.1) is 0 Å². The summed E-state index contributed by atoms with van der Waals surface area (Å²) in [4.78, 5) is 12.3. The number of benzene rings is 1. The first kappa shape index (κ1) is 16.1. The van der Waals surface area contributed by atoms with Crippen LogP contribution in [0.1, 0.15) is 36.5 Å². The number of aryl methyl sites for hydroxylation is 1. The molecule has 0 unspecified atom stereocenters. The van der Waals surface area contributed by atoms with Gasteiger partial charge in [0.1, 0.15) is 28.6 Å². The molecule has 7 heteroatoms. The van der Waals surface area contributed by atoms with Gasteiger partial charge in [0.2, 0.25) is 0 Å². The molecule has 3 heterocycles. The number of rotatable bonds is 2. The summed E-state index contributed by atoms with van der Waals surface area (Å²) in [5.41, 5.74) is -0.423. The van der Waals surface area contributed by atoms with Gasteiger partial charge in [-0.15, -0.1) is 10.2 Å². The van der Waals surface area contributed by atoms with Crippen LogP contribution in [0, 0.1) is 11.3 Å². The van der Waals surface area contributed by atoms with E-state index in [4.69, 9.17) is 4.42 Å². The van der Waals surface area contributed by atoms with Crippen LogP contribution < -0.4 is 5.63 Å². The smallest absolute Gasteiger partial charge is 0.347 e. The highest BCUT2D eigenvalue weighted by molar-refractivity contribution is 5.93. The summed E-state index contributed by atoms with van der Waals surface area (Å²) in [6.45, 7) is 0.683. The van der Waals surface area contributed by atoms with Crippen LogP contribution in [-0.2, 0) is 13.0 Å². The molecule has 130 valence electrons. The van der Waals surface area contributed by atoms with Crippen molar-refractivity contribution >= 4 is 22.3 Å². The minimum absolute atomic E-state index is 0.0637. The number of para-hydroxylation sites is 1. The molecule has 3 aromatic rings. The van der Waals surface area contributed by atoms with Crippen LogP contribution >= 0.6 is 0 Å². The molecule has 2 aromatic heterocycles. The number of allylic oxidation sites excluding steroid dienone is 1. The minimum Gasteiger partial charge on any atom is -0.506 e. The Morgan fingerprint density at radius 2 is 2.08 bits per heavy atom. The first-order valence-corrected chi connectivity index (χ1v) is 8.48. The number of aliphatic hydroxyl groups is 1. The van der Waals surface area contributed by atoms with Gasteiger partial charge in [0.15, 0.2) is 11.6 Å². The number of nitrogens with zero attached hydrogens (tertiary/aromatic N) is 4. The van der Waals surface area contributed by atoms with Crippen molar-refractivity contribution in [1.82, 2.24) is 14.8 Å². The second-order valence-corrected chi connectivity index (χ2v) is 6.22. The molecule has 1 aromatic carbocycles. The van der Waals surface area contributed by atoms with Crippen molar-refractivity contribution in [1.29, 1.82) is 5.26 Å². The maximum Gasteiger partial charge on any atom is 0.347 e. The number of aliphatic hydroxyl groups excluding tert-OH is 1. The number of hydrogen-bond acceptors (Lipinski definition) is 6. The average molecular weight is 348 g/mol. The highest BCUT2D eigenvalue weighted by atomic mass is 16.4. The zero-order valence-corrected chi connectivity index (χ0v) is 14.0. The van der Waals surface area contributed by atoms with E-state index >= 15 is 0 Å². The van der Waals surface area contributed by atoms with Crippen LogP contribution in [0.2, 0.25) is 0 Å². The van der Waals surface area contributed by atoms with Crippen molar-refractivity contribution in [2.24, 2.45) is 0 Å². The molecular formula is C19H16N4O3. The maximum absolute atomic E-state index is 12.3. The summed E-state index contributed by atoms with van der Waals surface area (Å²) >= 11 is 0. The standard InChI is InChI=1S/C19H16N4O3/c20-11-14(18-22-21-16-8-2-1-5-9-23(16)18)17(24)13-10-12-6-3-4-7-15(12)26-19(13)25/h3-4,6-7,10,24H,1-2,5,8-9H2/b17-14-. The van der Waals surface area contributed by atoms with Crippen LogP contribution in [0.3, 0.4) is 0 Å². The van der Waals surface area contributed by atoms with Crippen LogP contribution in [0.15, 0.2) is 39.5 Å². The molecule has 0 saturated heterocycles. The van der Waals surface area contributed by atoms with E-state index in [1.165, 1.54) is 6.07 Å². The molecule has 7 nitrogen and oxygen atoms in total. The van der Waals surface area contributed by atoms with Crippen molar-refractivity contribution in [3.63, 3.8) is 0 Å². The Bertz CT molecular complexity index is 1120.